The molecule has 2 heterocycles. The molecule has 6 rings (SSSR count). The number of nitrogens with one attached hydrogen (secondary N) is 1. The van der Waals surface area contributed by atoms with E-state index in [4.69, 9.17) is 9.47 Å². The number of aldehydes is 2. The molecule has 0 fully saturated rings. The number of carbonyl (C=O) groups excluding carboxylic acids is 4. The number of ether oxygens (including phenoxy) is 2. The molecule has 0 unspecified atom stereocenters. The Kier molecular flexibility index (Phi) is 13.4. The fourth-order valence-corrected chi connectivity index (χ4v) is 6.86. The van der Waals surface area contributed by atoms with Crippen molar-refractivity contribution in [2.75, 3.05) is 31.2 Å². The van der Waals surface area contributed by atoms with Crippen molar-refractivity contribution in [1.82, 2.24) is 5.32 Å². The molecule has 0 bridgehead atoms. The Morgan fingerprint density at radius 1 is 0.667 bits per heavy atom. The third-order valence-electron chi connectivity index (χ3n) is 8.19. The molecule has 2 aliphatic rings. The molecule has 268 valence electrons. The highest BCUT2D eigenvalue weighted by molar-refractivity contribution is 9.11. The molecule has 0 radical (unpaired) electrons. The van der Waals surface area contributed by atoms with Crippen molar-refractivity contribution < 1.29 is 28.7 Å². The number of benzene rings is 4. The molecule has 2 amide bonds. The number of fused-ring (bicyclic) bond motifs is 2. The molecule has 0 atom stereocenters. The number of hydrogen-bond donors (Lipinski definition) is 1. The molecular formula is C40H41Br3N2O6. The van der Waals surface area contributed by atoms with Crippen LogP contribution in [-0.2, 0) is 10.8 Å². The van der Waals surface area contributed by atoms with Crippen molar-refractivity contribution in [3.8, 4) is 11.5 Å². The zero-order chi connectivity index (χ0) is 37.5. The zero-order valence-electron chi connectivity index (χ0n) is 29.4. The minimum atomic E-state index is -0.158. The zero-order valence-corrected chi connectivity index (χ0v) is 34.2. The van der Waals surface area contributed by atoms with Gasteiger partial charge in [-0.2, -0.15) is 0 Å². The summed E-state index contributed by atoms with van der Waals surface area (Å²) in [5.41, 5.74) is 5.19. The lowest BCUT2D eigenvalue weighted by Crippen LogP contribution is -2.33. The summed E-state index contributed by atoms with van der Waals surface area (Å²) in [6.45, 7) is 14.7. The van der Waals surface area contributed by atoms with Crippen LogP contribution in [0.2, 0.25) is 0 Å². The molecule has 4 aromatic carbocycles. The number of amides is 2. The summed E-state index contributed by atoms with van der Waals surface area (Å²) in [5.74, 6) is 1.09. The molecule has 8 nitrogen and oxygen atoms in total. The van der Waals surface area contributed by atoms with Crippen molar-refractivity contribution in [2.45, 2.75) is 52.4 Å². The fourth-order valence-electron chi connectivity index (χ4n) is 5.23. The Labute approximate surface area is 324 Å². The summed E-state index contributed by atoms with van der Waals surface area (Å²) in [7, 11) is 0. The van der Waals surface area contributed by atoms with E-state index >= 15 is 0 Å². The third kappa shape index (κ3) is 9.96. The van der Waals surface area contributed by atoms with E-state index in [1.165, 1.54) is 5.56 Å². The SMILES string of the molecule is CC(C)(C)c1ccc2c(c1)OCCN(c1cccc(Br)c1C=O)C2=O.CC(C)(C)c1ccc2c(c1)OCCNC2=O.O=Cc1c(Br)cccc1Br. The van der Waals surface area contributed by atoms with Gasteiger partial charge in [0.25, 0.3) is 11.8 Å². The van der Waals surface area contributed by atoms with Gasteiger partial charge in [-0.05, 0) is 86.4 Å². The van der Waals surface area contributed by atoms with E-state index in [0.717, 1.165) is 27.1 Å². The first-order valence-corrected chi connectivity index (χ1v) is 18.7. The van der Waals surface area contributed by atoms with Crippen LogP contribution in [0.25, 0.3) is 0 Å². The van der Waals surface area contributed by atoms with E-state index < -0.39 is 0 Å². The van der Waals surface area contributed by atoms with Crippen molar-refractivity contribution in [2.24, 2.45) is 0 Å². The molecule has 2 aliphatic heterocycles. The first-order valence-electron chi connectivity index (χ1n) is 16.3. The quantitative estimate of drug-likeness (QED) is 0.206. The lowest BCUT2D eigenvalue weighted by molar-refractivity contribution is 0.0954. The predicted molar refractivity (Wildman–Crippen MR) is 212 cm³/mol. The molecule has 0 saturated heterocycles. The highest BCUT2D eigenvalue weighted by atomic mass is 79.9. The van der Waals surface area contributed by atoms with Crippen molar-refractivity contribution in [1.29, 1.82) is 0 Å². The van der Waals surface area contributed by atoms with Gasteiger partial charge in [-0.3, -0.25) is 19.2 Å². The lowest BCUT2D eigenvalue weighted by atomic mass is 9.86. The number of carbonyl (C=O) groups is 4. The van der Waals surface area contributed by atoms with E-state index in [2.05, 4.69) is 94.6 Å². The highest BCUT2D eigenvalue weighted by Crippen LogP contribution is 2.34. The summed E-state index contributed by atoms with van der Waals surface area (Å²) in [5, 5.41) is 2.79. The second-order valence-corrected chi connectivity index (χ2v) is 16.4. The average Bonchev–Trinajstić information content (AvgIpc) is 3.37. The van der Waals surface area contributed by atoms with Gasteiger partial charge in [-0.25, -0.2) is 0 Å². The van der Waals surface area contributed by atoms with Gasteiger partial charge in [0.05, 0.1) is 35.5 Å². The van der Waals surface area contributed by atoms with Gasteiger partial charge in [0.1, 0.15) is 24.7 Å². The van der Waals surface area contributed by atoms with Crippen LogP contribution >= 0.6 is 47.8 Å². The van der Waals surface area contributed by atoms with Gasteiger partial charge < -0.3 is 19.7 Å². The van der Waals surface area contributed by atoms with Crippen LogP contribution < -0.4 is 19.7 Å². The third-order valence-corrected chi connectivity index (χ3v) is 10.3. The summed E-state index contributed by atoms with van der Waals surface area (Å²) in [6.07, 6.45) is 1.58. The van der Waals surface area contributed by atoms with Crippen LogP contribution in [0.5, 0.6) is 11.5 Å². The maximum absolute atomic E-state index is 13.1. The molecular weight excluding hydrogens is 844 g/mol. The summed E-state index contributed by atoms with van der Waals surface area (Å²) < 4.78 is 13.7. The van der Waals surface area contributed by atoms with E-state index in [0.29, 0.717) is 70.2 Å². The Morgan fingerprint density at radius 2 is 1.16 bits per heavy atom. The van der Waals surface area contributed by atoms with Gasteiger partial charge in [-0.1, -0.05) is 97.7 Å². The van der Waals surface area contributed by atoms with Gasteiger partial charge in [0.15, 0.2) is 12.6 Å². The first kappa shape index (κ1) is 40.0. The molecule has 0 spiro atoms. The number of rotatable bonds is 3. The van der Waals surface area contributed by atoms with Crippen LogP contribution in [0.15, 0.2) is 86.2 Å². The largest absolute Gasteiger partial charge is 0.491 e. The van der Waals surface area contributed by atoms with E-state index in [1.54, 1.807) is 17.0 Å². The molecule has 0 aromatic heterocycles. The smallest absolute Gasteiger partial charge is 0.262 e. The summed E-state index contributed by atoms with van der Waals surface area (Å²) in [6, 6.07) is 22.4. The minimum absolute atomic E-state index is 0.0254. The summed E-state index contributed by atoms with van der Waals surface area (Å²) in [4.78, 5) is 48.2. The Balaban J connectivity index is 0.000000191. The monoisotopic (exact) mass is 882 g/mol. The Morgan fingerprint density at radius 3 is 1.69 bits per heavy atom. The fraction of sp³-hybridized carbons (Fsp3) is 0.300. The number of nitrogens with zero attached hydrogens (tertiary/aromatic N) is 1. The molecule has 11 heteroatoms. The second kappa shape index (κ2) is 17.1. The van der Waals surface area contributed by atoms with Crippen LogP contribution in [0.3, 0.4) is 0 Å². The lowest BCUT2D eigenvalue weighted by Gasteiger charge is -2.23. The normalized spacial score (nSPS) is 13.9. The second-order valence-electron chi connectivity index (χ2n) is 13.9. The number of halogens is 3. The summed E-state index contributed by atoms with van der Waals surface area (Å²) >= 11 is 9.87. The number of hydrogen-bond acceptors (Lipinski definition) is 6. The molecule has 0 saturated carbocycles. The van der Waals surface area contributed by atoms with E-state index in [-0.39, 0.29) is 22.6 Å². The molecule has 4 aromatic rings. The van der Waals surface area contributed by atoms with Gasteiger partial charge in [0, 0.05) is 19.0 Å². The first-order chi connectivity index (χ1) is 24.1. The van der Waals surface area contributed by atoms with Crippen LogP contribution in [0.1, 0.15) is 94.1 Å². The Bertz CT molecular complexity index is 1910. The Hall–Kier alpha value is -3.80. The van der Waals surface area contributed by atoms with Gasteiger partial charge in [-0.15, -0.1) is 0 Å². The molecule has 1 N–H and O–H groups in total. The highest BCUT2D eigenvalue weighted by Gasteiger charge is 2.28. The topological polar surface area (TPSA) is 102 Å². The van der Waals surface area contributed by atoms with E-state index in [1.807, 2.05) is 60.7 Å². The average molecular weight is 885 g/mol. The van der Waals surface area contributed by atoms with E-state index in [9.17, 15) is 19.2 Å². The van der Waals surface area contributed by atoms with Crippen molar-refractivity contribution in [3.05, 3.63) is 120 Å². The molecule has 0 aliphatic carbocycles. The number of anilines is 1. The van der Waals surface area contributed by atoms with Crippen molar-refractivity contribution >= 4 is 77.9 Å². The van der Waals surface area contributed by atoms with Gasteiger partial charge in [0.2, 0.25) is 0 Å². The van der Waals surface area contributed by atoms with Crippen molar-refractivity contribution in [3.63, 3.8) is 0 Å². The van der Waals surface area contributed by atoms with Gasteiger partial charge >= 0.3 is 0 Å². The van der Waals surface area contributed by atoms with Crippen LogP contribution in [0.4, 0.5) is 5.69 Å². The van der Waals surface area contributed by atoms with Crippen LogP contribution in [0, 0.1) is 0 Å². The predicted octanol–water partition coefficient (Wildman–Crippen LogP) is 9.73. The standard InChI is InChI=1S/C20H20BrNO3.C13H17NO2.C7H4Br2O/c1-20(2,3)13-7-8-14-18(11-13)25-10-9-22(19(14)24)17-6-4-5-16(21)15(17)12-23;1-13(2,3)9-4-5-10-11(8-9)16-7-6-14-12(10)15;8-6-2-1-3-7(9)5(6)4-10/h4-8,11-12H,9-10H2,1-3H3;4-5,8H,6-7H2,1-3H3,(H,14,15);1-4H. The minimum Gasteiger partial charge on any atom is -0.491 e. The maximum Gasteiger partial charge on any atom is 0.262 e. The maximum atomic E-state index is 13.1. The molecule has 51 heavy (non-hydrogen) atoms. The van der Waals surface area contributed by atoms with Crippen LogP contribution in [-0.4, -0.2) is 50.7 Å².